The molecule has 106 valence electrons. The fraction of sp³-hybridized carbons (Fsp3) is 0.692. The fourth-order valence-electron chi connectivity index (χ4n) is 2.33. The highest BCUT2D eigenvalue weighted by atomic mass is 35.5. The number of hydrogen-bond acceptors (Lipinski definition) is 5. The molecule has 1 aromatic rings. The molecule has 0 saturated carbocycles. The number of nitrogens with zero attached hydrogens (tertiary/aromatic N) is 3. The van der Waals surface area contributed by atoms with Gasteiger partial charge in [0.25, 0.3) is 0 Å². The summed E-state index contributed by atoms with van der Waals surface area (Å²) in [5.74, 6) is 0.738. The van der Waals surface area contributed by atoms with E-state index in [1.807, 2.05) is 6.92 Å². The third-order valence-electron chi connectivity index (χ3n) is 3.32. The minimum atomic E-state index is 0.248. The zero-order valence-corrected chi connectivity index (χ0v) is 12.3. The molecule has 6 heteroatoms. The number of hydrogen-bond donors (Lipinski definition) is 1. The summed E-state index contributed by atoms with van der Waals surface area (Å²) in [6, 6.07) is 0. The van der Waals surface area contributed by atoms with Crippen molar-refractivity contribution in [1.82, 2.24) is 9.97 Å². The lowest BCUT2D eigenvalue weighted by molar-refractivity contribution is 0.0439. The molecule has 1 atom stereocenters. The van der Waals surface area contributed by atoms with Crippen molar-refractivity contribution in [2.24, 2.45) is 0 Å². The molecule has 1 saturated heterocycles. The van der Waals surface area contributed by atoms with Gasteiger partial charge in [-0.3, -0.25) is 0 Å². The summed E-state index contributed by atoms with van der Waals surface area (Å²) >= 11 is 5.93. The SMILES string of the molecule is CCCOC1CCCN(c2nc(Cl)nc(C)c2N)C1. The van der Waals surface area contributed by atoms with Crippen LogP contribution in [0.3, 0.4) is 0 Å². The van der Waals surface area contributed by atoms with Crippen molar-refractivity contribution in [2.75, 3.05) is 30.3 Å². The number of anilines is 2. The highest BCUT2D eigenvalue weighted by Crippen LogP contribution is 2.27. The lowest BCUT2D eigenvalue weighted by atomic mass is 10.1. The summed E-state index contributed by atoms with van der Waals surface area (Å²) in [5, 5.41) is 0.248. The Bertz CT molecular complexity index is 441. The molecule has 19 heavy (non-hydrogen) atoms. The molecular weight excluding hydrogens is 264 g/mol. The molecule has 0 spiro atoms. The van der Waals surface area contributed by atoms with Crippen LogP contribution in [0.25, 0.3) is 0 Å². The van der Waals surface area contributed by atoms with E-state index in [2.05, 4.69) is 21.8 Å². The normalized spacial score (nSPS) is 19.7. The van der Waals surface area contributed by atoms with Crippen molar-refractivity contribution in [3.8, 4) is 0 Å². The second-order valence-corrected chi connectivity index (χ2v) is 5.23. The molecule has 2 N–H and O–H groups in total. The van der Waals surface area contributed by atoms with Crippen molar-refractivity contribution < 1.29 is 4.74 Å². The van der Waals surface area contributed by atoms with E-state index in [1.54, 1.807) is 0 Å². The number of halogens is 1. The smallest absolute Gasteiger partial charge is 0.224 e. The minimum absolute atomic E-state index is 0.248. The Morgan fingerprint density at radius 1 is 1.47 bits per heavy atom. The van der Waals surface area contributed by atoms with E-state index < -0.39 is 0 Å². The molecule has 0 aliphatic carbocycles. The summed E-state index contributed by atoms with van der Waals surface area (Å²) in [5.41, 5.74) is 7.40. The van der Waals surface area contributed by atoms with Crippen LogP contribution in [0, 0.1) is 6.92 Å². The van der Waals surface area contributed by atoms with Crippen LogP contribution in [0.1, 0.15) is 31.9 Å². The molecule has 0 radical (unpaired) electrons. The van der Waals surface area contributed by atoms with Gasteiger partial charge >= 0.3 is 0 Å². The van der Waals surface area contributed by atoms with E-state index in [-0.39, 0.29) is 11.4 Å². The van der Waals surface area contributed by atoms with Gasteiger partial charge in [0.05, 0.1) is 17.5 Å². The Morgan fingerprint density at radius 3 is 3.00 bits per heavy atom. The van der Waals surface area contributed by atoms with Crippen molar-refractivity contribution >= 4 is 23.1 Å². The van der Waals surface area contributed by atoms with Gasteiger partial charge in [-0.25, -0.2) is 4.98 Å². The van der Waals surface area contributed by atoms with Gasteiger partial charge in [-0.2, -0.15) is 4.98 Å². The summed E-state index contributed by atoms with van der Waals surface area (Å²) in [4.78, 5) is 10.5. The van der Waals surface area contributed by atoms with Crippen LogP contribution in [0.5, 0.6) is 0 Å². The number of nitrogen functional groups attached to an aromatic ring is 1. The molecular formula is C13H21ClN4O. The molecule has 0 bridgehead atoms. The maximum absolute atomic E-state index is 6.06. The van der Waals surface area contributed by atoms with Gasteiger partial charge < -0.3 is 15.4 Å². The monoisotopic (exact) mass is 284 g/mol. The highest BCUT2D eigenvalue weighted by molar-refractivity contribution is 6.28. The third-order valence-corrected chi connectivity index (χ3v) is 3.49. The van der Waals surface area contributed by atoms with Crippen LogP contribution in [-0.2, 0) is 4.74 Å². The molecule has 2 heterocycles. The van der Waals surface area contributed by atoms with Crippen molar-refractivity contribution in [2.45, 2.75) is 39.2 Å². The number of aromatic nitrogens is 2. The Morgan fingerprint density at radius 2 is 2.26 bits per heavy atom. The highest BCUT2D eigenvalue weighted by Gasteiger charge is 2.23. The number of rotatable bonds is 4. The number of nitrogens with two attached hydrogens (primary N) is 1. The molecule has 2 rings (SSSR count). The van der Waals surface area contributed by atoms with Crippen molar-refractivity contribution in [3.05, 3.63) is 11.0 Å². The van der Waals surface area contributed by atoms with Gasteiger partial charge in [0.15, 0.2) is 5.82 Å². The quantitative estimate of drug-likeness (QED) is 0.860. The number of aryl methyl sites for hydroxylation is 1. The molecule has 1 aliphatic heterocycles. The van der Waals surface area contributed by atoms with Gasteiger partial charge in [-0.15, -0.1) is 0 Å². The summed E-state index contributed by atoms with van der Waals surface area (Å²) in [6.07, 6.45) is 3.46. The first-order valence-electron chi connectivity index (χ1n) is 6.78. The van der Waals surface area contributed by atoms with Crippen LogP contribution >= 0.6 is 11.6 Å². The molecule has 1 aliphatic rings. The second-order valence-electron chi connectivity index (χ2n) is 4.90. The van der Waals surface area contributed by atoms with E-state index in [0.29, 0.717) is 5.69 Å². The fourth-order valence-corrected chi connectivity index (χ4v) is 2.53. The molecule has 0 amide bonds. The van der Waals surface area contributed by atoms with Crippen LogP contribution in [-0.4, -0.2) is 35.8 Å². The average Bonchev–Trinajstić information content (AvgIpc) is 2.41. The largest absolute Gasteiger partial charge is 0.394 e. The molecule has 1 fully saturated rings. The van der Waals surface area contributed by atoms with E-state index in [4.69, 9.17) is 22.1 Å². The Balaban J connectivity index is 2.13. The molecule has 1 unspecified atom stereocenters. The topological polar surface area (TPSA) is 64.3 Å². The average molecular weight is 285 g/mol. The first-order chi connectivity index (χ1) is 9.11. The van der Waals surface area contributed by atoms with Crippen molar-refractivity contribution in [3.63, 3.8) is 0 Å². The zero-order valence-electron chi connectivity index (χ0n) is 11.5. The zero-order chi connectivity index (χ0) is 13.8. The van der Waals surface area contributed by atoms with Gasteiger partial charge in [0.2, 0.25) is 5.28 Å². The predicted octanol–water partition coefficient (Wildman–Crippen LogP) is 2.42. The Hall–Kier alpha value is -1.07. The van der Waals surface area contributed by atoms with Crippen LogP contribution in [0.4, 0.5) is 11.5 Å². The van der Waals surface area contributed by atoms with Crippen LogP contribution < -0.4 is 10.6 Å². The molecule has 5 nitrogen and oxygen atoms in total. The minimum Gasteiger partial charge on any atom is -0.394 e. The van der Waals surface area contributed by atoms with Gasteiger partial charge in [-0.1, -0.05) is 6.92 Å². The Labute approximate surface area is 119 Å². The van der Waals surface area contributed by atoms with Gasteiger partial charge in [0.1, 0.15) is 0 Å². The maximum atomic E-state index is 6.06. The van der Waals surface area contributed by atoms with Crippen molar-refractivity contribution in [1.29, 1.82) is 0 Å². The number of piperidine rings is 1. The predicted molar refractivity (Wildman–Crippen MR) is 77.7 cm³/mol. The number of ether oxygens (including phenoxy) is 1. The van der Waals surface area contributed by atoms with E-state index in [0.717, 1.165) is 50.5 Å². The van der Waals surface area contributed by atoms with Crippen LogP contribution in [0.2, 0.25) is 5.28 Å². The first-order valence-corrected chi connectivity index (χ1v) is 7.15. The van der Waals surface area contributed by atoms with E-state index in [1.165, 1.54) is 0 Å². The lowest BCUT2D eigenvalue weighted by Crippen LogP contribution is -2.40. The van der Waals surface area contributed by atoms with Gasteiger partial charge in [0, 0.05) is 19.7 Å². The van der Waals surface area contributed by atoms with Crippen LogP contribution in [0.15, 0.2) is 0 Å². The van der Waals surface area contributed by atoms with E-state index in [9.17, 15) is 0 Å². The standard InChI is InChI=1S/C13H21ClN4O/c1-3-7-19-10-5-4-6-18(8-10)12-11(15)9(2)16-13(14)17-12/h10H,3-8,15H2,1-2H3. The second kappa shape index (κ2) is 6.39. The third kappa shape index (κ3) is 3.48. The van der Waals surface area contributed by atoms with Gasteiger partial charge in [-0.05, 0) is 37.8 Å². The summed E-state index contributed by atoms with van der Waals surface area (Å²) < 4.78 is 5.83. The lowest BCUT2D eigenvalue weighted by Gasteiger charge is -2.34. The molecule has 0 aromatic carbocycles. The van der Waals surface area contributed by atoms with E-state index >= 15 is 0 Å². The molecule has 1 aromatic heterocycles. The maximum Gasteiger partial charge on any atom is 0.224 e. The summed E-state index contributed by atoms with van der Waals surface area (Å²) in [6.45, 7) is 6.52. The first kappa shape index (κ1) is 14.3. The summed E-state index contributed by atoms with van der Waals surface area (Å²) in [7, 11) is 0. The Kier molecular flexibility index (Phi) is 4.82.